The molecule has 1 aliphatic heterocycles. The van der Waals surface area contributed by atoms with E-state index in [1.54, 1.807) is 12.1 Å². The number of fused-ring (bicyclic) bond motifs is 3. The first kappa shape index (κ1) is 19.7. The van der Waals surface area contributed by atoms with E-state index in [1.807, 2.05) is 23.5 Å². The van der Waals surface area contributed by atoms with Gasteiger partial charge in [-0.1, -0.05) is 12.1 Å². The van der Waals surface area contributed by atoms with Gasteiger partial charge in [-0.15, -0.1) is 11.3 Å². The number of ether oxygens (including phenoxy) is 1. The van der Waals surface area contributed by atoms with Crippen molar-refractivity contribution < 1.29 is 9.84 Å². The van der Waals surface area contributed by atoms with Crippen molar-refractivity contribution in [1.82, 2.24) is 14.9 Å². The maximum absolute atomic E-state index is 9.49. The lowest BCUT2D eigenvalue weighted by Crippen LogP contribution is -2.36. The van der Waals surface area contributed by atoms with Crippen molar-refractivity contribution in [3.05, 3.63) is 46.1 Å². The summed E-state index contributed by atoms with van der Waals surface area (Å²) in [6, 6.07) is 7.44. The Morgan fingerprint density at radius 3 is 2.70 bits per heavy atom. The number of anilines is 1. The number of morpholine rings is 1. The fourth-order valence-electron chi connectivity index (χ4n) is 4.35. The van der Waals surface area contributed by atoms with Gasteiger partial charge in [0.1, 0.15) is 22.2 Å². The van der Waals surface area contributed by atoms with Gasteiger partial charge in [-0.2, -0.15) is 0 Å². The maximum Gasteiger partial charge on any atom is 0.146 e. The van der Waals surface area contributed by atoms with Crippen LogP contribution in [-0.2, 0) is 30.5 Å². The van der Waals surface area contributed by atoms with Crippen molar-refractivity contribution in [3.8, 4) is 5.75 Å². The summed E-state index contributed by atoms with van der Waals surface area (Å²) in [6.07, 6.45) is 5.71. The molecule has 2 N–H and O–H groups in total. The van der Waals surface area contributed by atoms with E-state index in [0.717, 1.165) is 68.7 Å². The molecule has 2 aliphatic rings. The Labute approximate surface area is 180 Å². The summed E-state index contributed by atoms with van der Waals surface area (Å²) in [5.74, 6) is 2.19. The standard InChI is InChI=1S/C23H28N4O2S/c28-17-7-5-16(6-8-17)9-10-24-22-21-18-3-1-2-4-19(18)30-23(21)26-20(25-22)15-27-11-13-29-14-12-27/h5-8,28H,1-4,9-15H2,(H,24,25,26). The predicted octanol–water partition coefficient (Wildman–Crippen LogP) is 3.76. The number of aromatic hydroxyl groups is 1. The van der Waals surface area contributed by atoms with Crippen molar-refractivity contribution in [3.63, 3.8) is 0 Å². The Morgan fingerprint density at radius 1 is 1.07 bits per heavy atom. The second-order valence-corrected chi connectivity index (χ2v) is 9.19. The first-order valence-corrected chi connectivity index (χ1v) is 11.7. The third-order valence-corrected chi connectivity index (χ3v) is 7.16. The third kappa shape index (κ3) is 4.29. The molecule has 1 fully saturated rings. The molecule has 5 rings (SSSR count). The zero-order chi connectivity index (χ0) is 20.3. The van der Waals surface area contributed by atoms with Crippen LogP contribution >= 0.6 is 11.3 Å². The fraction of sp³-hybridized carbons (Fsp3) is 0.478. The van der Waals surface area contributed by atoms with E-state index in [4.69, 9.17) is 14.7 Å². The first-order chi connectivity index (χ1) is 14.8. The van der Waals surface area contributed by atoms with Gasteiger partial charge in [0.15, 0.2) is 0 Å². The quantitative estimate of drug-likeness (QED) is 0.628. The average Bonchev–Trinajstić information content (AvgIpc) is 3.14. The monoisotopic (exact) mass is 424 g/mol. The van der Waals surface area contributed by atoms with Crippen LogP contribution in [0, 0.1) is 0 Å². The largest absolute Gasteiger partial charge is 0.508 e. The van der Waals surface area contributed by atoms with E-state index in [-0.39, 0.29) is 0 Å². The van der Waals surface area contributed by atoms with Gasteiger partial charge in [-0.05, 0) is 55.4 Å². The molecule has 158 valence electrons. The molecule has 1 saturated heterocycles. The Balaban J connectivity index is 1.41. The molecule has 3 heterocycles. The first-order valence-electron chi connectivity index (χ1n) is 10.9. The summed E-state index contributed by atoms with van der Waals surface area (Å²) in [5.41, 5.74) is 2.66. The lowest BCUT2D eigenvalue weighted by atomic mass is 9.97. The van der Waals surface area contributed by atoms with Crippen molar-refractivity contribution in [2.24, 2.45) is 0 Å². The lowest BCUT2D eigenvalue weighted by Gasteiger charge is -2.25. The van der Waals surface area contributed by atoms with Crippen LogP contribution in [0.4, 0.5) is 5.82 Å². The molecule has 0 unspecified atom stereocenters. The molecule has 0 radical (unpaired) electrons. The summed E-state index contributed by atoms with van der Waals surface area (Å²) in [7, 11) is 0. The minimum atomic E-state index is 0.307. The van der Waals surface area contributed by atoms with Crippen LogP contribution in [0.2, 0.25) is 0 Å². The number of hydrogen-bond acceptors (Lipinski definition) is 7. The maximum atomic E-state index is 9.49. The molecule has 0 bridgehead atoms. The zero-order valence-corrected chi connectivity index (χ0v) is 18.0. The number of nitrogens with one attached hydrogen (secondary N) is 1. The molecule has 0 saturated carbocycles. The Kier molecular flexibility index (Phi) is 5.84. The number of aromatic nitrogens is 2. The summed E-state index contributed by atoms with van der Waals surface area (Å²) in [5, 5.41) is 14.3. The van der Waals surface area contributed by atoms with Crippen LogP contribution in [0.15, 0.2) is 24.3 Å². The molecule has 1 aromatic carbocycles. The number of aryl methyl sites for hydroxylation is 2. The average molecular weight is 425 g/mol. The van der Waals surface area contributed by atoms with E-state index in [1.165, 1.54) is 40.7 Å². The predicted molar refractivity (Wildman–Crippen MR) is 120 cm³/mol. The highest BCUT2D eigenvalue weighted by molar-refractivity contribution is 7.19. The van der Waals surface area contributed by atoms with Crippen molar-refractivity contribution in [1.29, 1.82) is 0 Å². The number of nitrogens with zero attached hydrogens (tertiary/aromatic N) is 3. The molecule has 30 heavy (non-hydrogen) atoms. The van der Waals surface area contributed by atoms with E-state index in [2.05, 4.69) is 10.2 Å². The Morgan fingerprint density at radius 2 is 1.87 bits per heavy atom. The minimum absolute atomic E-state index is 0.307. The van der Waals surface area contributed by atoms with Crippen molar-refractivity contribution in [2.75, 3.05) is 38.2 Å². The molecular formula is C23H28N4O2S. The van der Waals surface area contributed by atoms with Gasteiger partial charge >= 0.3 is 0 Å². The molecular weight excluding hydrogens is 396 g/mol. The van der Waals surface area contributed by atoms with Gasteiger partial charge in [0, 0.05) is 24.5 Å². The topological polar surface area (TPSA) is 70.5 Å². The fourth-order valence-corrected chi connectivity index (χ4v) is 5.63. The van der Waals surface area contributed by atoms with Gasteiger partial charge in [-0.3, -0.25) is 4.90 Å². The normalized spacial score (nSPS) is 17.2. The molecule has 3 aromatic rings. The van der Waals surface area contributed by atoms with Crippen molar-refractivity contribution in [2.45, 2.75) is 38.6 Å². The van der Waals surface area contributed by atoms with Gasteiger partial charge in [0.05, 0.1) is 25.1 Å². The molecule has 0 amide bonds. The summed E-state index contributed by atoms with van der Waals surface area (Å²) in [6.45, 7) is 5.02. The smallest absolute Gasteiger partial charge is 0.146 e. The Bertz CT molecular complexity index is 1010. The second kappa shape index (κ2) is 8.88. The molecule has 0 atom stereocenters. The van der Waals surface area contributed by atoms with Crippen LogP contribution in [0.3, 0.4) is 0 Å². The highest BCUT2D eigenvalue weighted by Crippen LogP contribution is 2.38. The van der Waals surface area contributed by atoms with Crippen LogP contribution in [0.25, 0.3) is 10.2 Å². The van der Waals surface area contributed by atoms with Crippen molar-refractivity contribution >= 4 is 27.4 Å². The van der Waals surface area contributed by atoms with Gasteiger partial charge in [0.2, 0.25) is 0 Å². The van der Waals surface area contributed by atoms with Gasteiger partial charge in [0.25, 0.3) is 0 Å². The molecule has 0 spiro atoms. The summed E-state index contributed by atoms with van der Waals surface area (Å²) in [4.78, 5) is 15.0. The molecule has 6 nitrogen and oxygen atoms in total. The second-order valence-electron chi connectivity index (χ2n) is 8.11. The highest BCUT2D eigenvalue weighted by atomic mass is 32.1. The van der Waals surface area contributed by atoms with E-state index < -0.39 is 0 Å². The molecule has 1 aliphatic carbocycles. The van der Waals surface area contributed by atoms with E-state index >= 15 is 0 Å². The number of benzene rings is 1. The van der Waals surface area contributed by atoms with Gasteiger partial charge in [-0.25, -0.2) is 9.97 Å². The van der Waals surface area contributed by atoms with E-state index in [0.29, 0.717) is 5.75 Å². The zero-order valence-electron chi connectivity index (χ0n) is 17.2. The number of phenols is 1. The SMILES string of the molecule is Oc1ccc(CCNc2nc(CN3CCOCC3)nc3sc4c(c23)CCCC4)cc1. The van der Waals surface area contributed by atoms with Gasteiger partial charge < -0.3 is 15.2 Å². The molecule has 7 heteroatoms. The number of phenolic OH excluding ortho intramolecular Hbond substituents is 1. The van der Waals surface area contributed by atoms with Crippen LogP contribution < -0.4 is 5.32 Å². The third-order valence-electron chi connectivity index (χ3n) is 5.97. The van der Waals surface area contributed by atoms with Crippen LogP contribution in [0.1, 0.15) is 34.7 Å². The number of hydrogen-bond donors (Lipinski definition) is 2. The summed E-state index contributed by atoms with van der Waals surface area (Å²) < 4.78 is 5.48. The van der Waals surface area contributed by atoms with Crippen LogP contribution in [-0.4, -0.2) is 52.8 Å². The minimum Gasteiger partial charge on any atom is -0.508 e. The number of thiophene rings is 1. The van der Waals surface area contributed by atoms with Crippen LogP contribution in [0.5, 0.6) is 5.75 Å². The molecule has 2 aromatic heterocycles. The summed E-state index contributed by atoms with van der Waals surface area (Å²) >= 11 is 1.86. The lowest BCUT2D eigenvalue weighted by molar-refractivity contribution is 0.0331. The highest BCUT2D eigenvalue weighted by Gasteiger charge is 2.22. The Hall–Kier alpha value is -2.22. The van der Waals surface area contributed by atoms with E-state index in [9.17, 15) is 5.11 Å². The number of rotatable bonds is 6.